The maximum Gasteiger partial charge on any atom is 0.433 e. The highest BCUT2D eigenvalue weighted by Gasteiger charge is 2.33. The maximum atomic E-state index is 12.2. The van der Waals surface area contributed by atoms with Gasteiger partial charge in [0.15, 0.2) is 0 Å². The first-order valence-electron chi connectivity index (χ1n) is 4.27. The molecule has 0 saturated heterocycles. The number of methoxy groups -OCH3 is 1. The molecule has 0 bridgehead atoms. The largest absolute Gasteiger partial charge is 0.433 e. The van der Waals surface area contributed by atoms with E-state index in [1.165, 1.54) is 7.11 Å². The van der Waals surface area contributed by atoms with Gasteiger partial charge < -0.3 is 9.84 Å². The van der Waals surface area contributed by atoms with Crippen LogP contribution in [0, 0.1) is 0 Å². The van der Waals surface area contributed by atoms with Crippen molar-refractivity contribution < 1.29 is 23.0 Å². The molecule has 1 atom stereocenters. The predicted octanol–water partition coefficient (Wildman–Crippen LogP) is 2.43. The Morgan fingerprint density at radius 3 is 2.56 bits per heavy atom. The normalized spacial score (nSPS) is 13.9. The summed E-state index contributed by atoms with van der Waals surface area (Å²) in [7, 11) is 1.36. The maximum absolute atomic E-state index is 12.2. The number of aliphatic hydroxyl groups excluding tert-OH is 1. The molecule has 1 aromatic heterocycles. The Labute approximate surface area is 94.8 Å². The lowest BCUT2D eigenvalue weighted by atomic mass is 10.1. The highest BCUT2D eigenvalue weighted by Crippen LogP contribution is 2.30. The molecule has 0 saturated carbocycles. The van der Waals surface area contributed by atoms with Crippen LogP contribution in [0.25, 0.3) is 0 Å². The van der Waals surface area contributed by atoms with Crippen molar-refractivity contribution in [3.05, 3.63) is 28.5 Å². The van der Waals surface area contributed by atoms with Crippen LogP contribution < -0.4 is 0 Å². The number of aromatic nitrogens is 1. The SMILES string of the molecule is COCC(O)c1ccc(C(F)(F)F)nc1Cl. The molecule has 0 aliphatic carbocycles. The Balaban J connectivity index is 3.00. The topological polar surface area (TPSA) is 42.4 Å². The zero-order chi connectivity index (χ0) is 12.3. The fourth-order valence-corrected chi connectivity index (χ4v) is 1.38. The van der Waals surface area contributed by atoms with Crippen LogP contribution in [0.3, 0.4) is 0 Å². The van der Waals surface area contributed by atoms with E-state index in [0.717, 1.165) is 12.1 Å². The van der Waals surface area contributed by atoms with Crippen molar-refractivity contribution in [2.75, 3.05) is 13.7 Å². The summed E-state index contributed by atoms with van der Waals surface area (Å²) in [4.78, 5) is 3.17. The molecule has 1 heterocycles. The first-order valence-corrected chi connectivity index (χ1v) is 4.64. The van der Waals surface area contributed by atoms with Crippen LogP contribution in [0.2, 0.25) is 5.15 Å². The Morgan fingerprint density at radius 2 is 2.12 bits per heavy atom. The Hall–Kier alpha value is -0.850. The van der Waals surface area contributed by atoms with Crippen molar-refractivity contribution in [2.24, 2.45) is 0 Å². The molecule has 3 nitrogen and oxygen atoms in total. The van der Waals surface area contributed by atoms with E-state index >= 15 is 0 Å². The van der Waals surface area contributed by atoms with Gasteiger partial charge in [-0.05, 0) is 6.07 Å². The molecule has 1 unspecified atom stereocenters. The standard InChI is InChI=1S/C9H9ClF3NO2/c1-16-4-6(15)5-2-3-7(9(11,12)13)14-8(5)10/h2-3,6,15H,4H2,1H3. The third-order valence-electron chi connectivity index (χ3n) is 1.85. The van der Waals surface area contributed by atoms with E-state index in [4.69, 9.17) is 11.6 Å². The van der Waals surface area contributed by atoms with E-state index in [9.17, 15) is 18.3 Å². The van der Waals surface area contributed by atoms with Gasteiger partial charge in [0.2, 0.25) is 0 Å². The van der Waals surface area contributed by atoms with Crippen molar-refractivity contribution in [1.29, 1.82) is 0 Å². The molecular weight excluding hydrogens is 247 g/mol. The summed E-state index contributed by atoms with van der Waals surface area (Å²) in [6, 6.07) is 1.85. The number of pyridine rings is 1. The molecule has 1 aromatic rings. The zero-order valence-electron chi connectivity index (χ0n) is 8.25. The van der Waals surface area contributed by atoms with Gasteiger partial charge in [0.05, 0.1) is 6.61 Å². The number of aliphatic hydroxyl groups is 1. The molecule has 0 aromatic carbocycles. The lowest BCUT2D eigenvalue weighted by Gasteiger charge is -2.12. The van der Waals surface area contributed by atoms with E-state index < -0.39 is 18.0 Å². The highest BCUT2D eigenvalue weighted by molar-refractivity contribution is 6.30. The molecule has 16 heavy (non-hydrogen) atoms. The summed E-state index contributed by atoms with van der Waals surface area (Å²) in [6.07, 6.45) is -5.64. The molecular formula is C9H9ClF3NO2. The second kappa shape index (κ2) is 4.99. The smallest absolute Gasteiger partial charge is 0.386 e. The number of alkyl halides is 3. The van der Waals surface area contributed by atoms with Gasteiger partial charge >= 0.3 is 6.18 Å². The van der Waals surface area contributed by atoms with Crippen LogP contribution >= 0.6 is 11.6 Å². The molecule has 0 aliphatic rings. The predicted molar refractivity (Wildman–Crippen MR) is 51.1 cm³/mol. The number of hydrogen-bond donors (Lipinski definition) is 1. The van der Waals surface area contributed by atoms with E-state index in [0.29, 0.717) is 0 Å². The molecule has 90 valence electrons. The van der Waals surface area contributed by atoms with Gasteiger partial charge in [-0.3, -0.25) is 0 Å². The number of nitrogens with zero attached hydrogens (tertiary/aromatic N) is 1. The van der Waals surface area contributed by atoms with Crippen LogP contribution in [0.4, 0.5) is 13.2 Å². The minimum atomic E-state index is -4.55. The van der Waals surface area contributed by atoms with Gasteiger partial charge in [0.1, 0.15) is 17.0 Å². The van der Waals surface area contributed by atoms with Crippen LogP contribution in [0.1, 0.15) is 17.4 Å². The summed E-state index contributed by atoms with van der Waals surface area (Å²) in [5.74, 6) is 0. The fraction of sp³-hybridized carbons (Fsp3) is 0.444. The molecule has 0 fully saturated rings. The number of rotatable bonds is 3. The van der Waals surface area contributed by atoms with Crippen molar-refractivity contribution in [3.8, 4) is 0 Å². The molecule has 0 radical (unpaired) electrons. The molecule has 0 amide bonds. The summed E-state index contributed by atoms with van der Waals surface area (Å²) >= 11 is 5.54. The lowest BCUT2D eigenvalue weighted by molar-refractivity contribution is -0.141. The van der Waals surface area contributed by atoms with Crippen LogP contribution in [0.15, 0.2) is 12.1 Å². The highest BCUT2D eigenvalue weighted by atomic mass is 35.5. The molecule has 0 aliphatic heterocycles. The first kappa shape index (κ1) is 13.2. The molecule has 1 N–H and O–H groups in total. The van der Waals surface area contributed by atoms with Crippen molar-refractivity contribution in [1.82, 2.24) is 4.98 Å². The van der Waals surface area contributed by atoms with Crippen molar-refractivity contribution in [2.45, 2.75) is 12.3 Å². The third kappa shape index (κ3) is 3.07. The van der Waals surface area contributed by atoms with E-state index in [2.05, 4.69) is 9.72 Å². The monoisotopic (exact) mass is 255 g/mol. The van der Waals surface area contributed by atoms with Gasteiger partial charge in [-0.1, -0.05) is 17.7 Å². The minimum absolute atomic E-state index is 0.0627. The zero-order valence-corrected chi connectivity index (χ0v) is 9.01. The number of halogens is 4. The summed E-state index contributed by atoms with van der Waals surface area (Å²) in [6.45, 7) is -0.0627. The summed E-state index contributed by atoms with van der Waals surface area (Å²) in [5.41, 5.74) is -0.984. The number of ether oxygens (including phenoxy) is 1. The van der Waals surface area contributed by atoms with E-state index in [1.54, 1.807) is 0 Å². The Bertz CT molecular complexity index is 370. The second-order valence-electron chi connectivity index (χ2n) is 3.05. The van der Waals surface area contributed by atoms with Crippen LogP contribution in [0.5, 0.6) is 0 Å². The van der Waals surface area contributed by atoms with Crippen LogP contribution in [-0.4, -0.2) is 23.8 Å². The molecule has 1 rings (SSSR count). The van der Waals surface area contributed by atoms with Gasteiger partial charge in [0, 0.05) is 12.7 Å². The summed E-state index contributed by atoms with van der Waals surface area (Å²) in [5, 5.41) is 9.09. The van der Waals surface area contributed by atoms with Gasteiger partial charge in [-0.2, -0.15) is 13.2 Å². The van der Waals surface area contributed by atoms with E-state index in [1.807, 2.05) is 0 Å². The Morgan fingerprint density at radius 1 is 1.50 bits per heavy atom. The molecule has 7 heteroatoms. The molecule has 0 spiro atoms. The van der Waals surface area contributed by atoms with Gasteiger partial charge in [-0.15, -0.1) is 0 Å². The van der Waals surface area contributed by atoms with E-state index in [-0.39, 0.29) is 17.3 Å². The number of hydrogen-bond acceptors (Lipinski definition) is 3. The van der Waals surface area contributed by atoms with Gasteiger partial charge in [-0.25, -0.2) is 4.98 Å². The summed E-state index contributed by atoms with van der Waals surface area (Å²) < 4.78 is 41.4. The Kier molecular flexibility index (Phi) is 4.12. The first-order chi connectivity index (χ1) is 7.36. The fourth-order valence-electron chi connectivity index (χ4n) is 1.10. The quantitative estimate of drug-likeness (QED) is 0.844. The average molecular weight is 256 g/mol. The van der Waals surface area contributed by atoms with Crippen LogP contribution in [-0.2, 0) is 10.9 Å². The van der Waals surface area contributed by atoms with Crippen molar-refractivity contribution in [3.63, 3.8) is 0 Å². The second-order valence-corrected chi connectivity index (χ2v) is 3.40. The minimum Gasteiger partial charge on any atom is -0.386 e. The lowest BCUT2D eigenvalue weighted by Crippen LogP contribution is -2.11. The average Bonchev–Trinajstić information content (AvgIpc) is 2.16. The van der Waals surface area contributed by atoms with Crippen molar-refractivity contribution >= 4 is 11.6 Å². The third-order valence-corrected chi connectivity index (χ3v) is 2.15. The van der Waals surface area contributed by atoms with Gasteiger partial charge in [0.25, 0.3) is 0 Å².